The van der Waals surface area contributed by atoms with Crippen LogP contribution in [0.2, 0.25) is 5.02 Å². The molecule has 0 spiro atoms. The van der Waals surface area contributed by atoms with E-state index in [9.17, 15) is 9.90 Å². The molecule has 4 rings (SSSR count). The van der Waals surface area contributed by atoms with Crippen LogP contribution in [0.4, 0.5) is 5.69 Å². The molecule has 4 nitrogen and oxygen atoms in total. The number of anilines is 1. The maximum Gasteiger partial charge on any atom is 0.339 e. The minimum atomic E-state index is -1.48. The highest BCUT2D eigenvalue weighted by molar-refractivity contribution is 6.30. The van der Waals surface area contributed by atoms with E-state index in [1.54, 1.807) is 12.1 Å². The lowest BCUT2D eigenvalue weighted by molar-refractivity contribution is -0.154. The van der Waals surface area contributed by atoms with Gasteiger partial charge in [0.1, 0.15) is 6.61 Å². The molecule has 1 atom stereocenters. The summed E-state index contributed by atoms with van der Waals surface area (Å²) in [6, 6.07) is 20.8. The molecule has 3 N–H and O–H groups in total. The van der Waals surface area contributed by atoms with Crippen LogP contribution < -0.4 is 5.73 Å². The van der Waals surface area contributed by atoms with Gasteiger partial charge in [0.15, 0.2) is 6.10 Å². The van der Waals surface area contributed by atoms with Gasteiger partial charge in [0.2, 0.25) is 0 Å². The Morgan fingerprint density at radius 2 is 1.63 bits per heavy atom. The van der Waals surface area contributed by atoms with Crippen LogP contribution in [-0.4, -0.2) is 17.7 Å². The summed E-state index contributed by atoms with van der Waals surface area (Å²) in [5.41, 5.74) is 10.9. The number of esters is 1. The molecule has 0 fully saturated rings. The summed E-state index contributed by atoms with van der Waals surface area (Å²) in [5, 5.41) is 10.7. The van der Waals surface area contributed by atoms with Gasteiger partial charge in [-0.05, 0) is 40.5 Å². The van der Waals surface area contributed by atoms with Crippen LogP contribution in [0, 0.1) is 0 Å². The van der Waals surface area contributed by atoms with Crippen LogP contribution in [0.5, 0.6) is 0 Å². The number of hydrogen-bond acceptors (Lipinski definition) is 4. The average molecular weight is 380 g/mol. The van der Waals surface area contributed by atoms with Crippen molar-refractivity contribution in [2.24, 2.45) is 0 Å². The van der Waals surface area contributed by atoms with E-state index in [0.29, 0.717) is 10.7 Å². The summed E-state index contributed by atoms with van der Waals surface area (Å²) >= 11 is 5.94. The van der Waals surface area contributed by atoms with Gasteiger partial charge in [0, 0.05) is 22.2 Å². The molecular formula is C22H18ClNO3. The Morgan fingerprint density at radius 1 is 1.04 bits per heavy atom. The first kappa shape index (κ1) is 17.6. The van der Waals surface area contributed by atoms with E-state index in [0.717, 1.165) is 22.3 Å². The third-order valence-corrected chi connectivity index (χ3v) is 5.16. The lowest BCUT2D eigenvalue weighted by Crippen LogP contribution is -2.20. The Bertz CT molecular complexity index is 972. The van der Waals surface area contributed by atoms with Gasteiger partial charge in [-0.15, -0.1) is 0 Å². The molecule has 0 amide bonds. The highest BCUT2D eigenvalue weighted by atomic mass is 35.5. The van der Waals surface area contributed by atoms with E-state index in [4.69, 9.17) is 22.1 Å². The fourth-order valence-corrected chi connectivity index (χ4v) is 3.77. The summed E-state index contributed by atoms with van der Waals surface area (Å²) in [7, 11) is 0. The van der Waals surface area contributed by atoms with Crippen molar-refractivity contribution >= 4 is 23.3 Å². The van der Waals surface area contributed by atoms with Crippen molar-refractivity contribution in [1.82, 2.24) is 0 Å². The second-order valence-corrected chi connectivity index (χ2v) is 6.97. The number of rotatable bonds is 4. The van der Waals surface area contributed by atoms with Crippen molar-refractivity contribution in [3.63, 3.8) is 0 Å². The molecule has 0 saturated heterocycles. The van der Waals surface area contributed by atoms with E-state index in [1.807, 2.05) is 36.4 Å². The number of fused-ring (bicyclic) bond motifs is 3. The van der Waals surface area contributed by atoms with Crippen LogP contribution >= 0.6 is 11.6 Å². The Labute approximate surface area is 162 Å². The summed E-state index contributed by atoms with van der Waals surface area (Å²) in [4.78, 5) is 12.4. The molecule has 0 bridgehead atoms. The number of nitrogens with two attached hydrogens (primary N) is 1. The SMILES string of the molecule is Nc1ccc(Cl)cc1C(O)C(=O)OCC1c2ccccc2-c2ccccc21. The summed E-state index contributed by atoms with van der Waals surface area (Å²) < 4.78 is 5.46. The zero-order valence-corrected chi connectivity index (χ0v) is 15.2. The van der Waals surface area contributed by atoms with Crippen molar-refractivity contribution in [1.29, 1.82) is 0 Å². The number of carbonyl (C=O) groups excluding carboxylic acids is 1. The van der Waals surface area contributed by atoms with Crippen molar-refractivity contribution in [2.75, 3.05) is 12.3 Å². The van der Waals surface area contributed by atoms with Gasteiger partial charge < -0.3 is 15.6 Å². The molecule has 0 aliphatic heterocycles. The van der Waals surface area contributed by atoms with Gasteiger partial charge in [0.25, 0.3) is 0 Å². The second kappa shape index (κ2) is 7.06. The van der Waals surface area contributed by atoms with E-state index in [-0.39, 0.29) is 18.1 Å². The zero-order chi connectivity index (χ0) is 19.0. The average Bonchev–Trinajstić information content (AvgIpc) is 3.01. The van der Waals surface area contributed by atoms with E-state index in [2.05, 4.69) is 12.1 Å². The monoisotopic (exact) mass is 379 g/mol. The molecule has 0 saturated carbocycles. The minimum Gasteiger partial charge on any atom is -0.463 e. The van der Waals surface area contributed by atoms with Crippen LogP contribution in [0.1, 0.15) is 28.7 Å². The van der Waals surface area contributed by atoms with Gasteiger partial charge in [-0.2, -0.15) is 0 Å². The summed E-state index contributed by atoms with van der Waals surface area (Å²) in [6.07, 6.45) is -1.48. The summed E-state index contributed by atoms with van der Waals surface area (Å²) in [6.45, 7) is 0.143. The van der Waals surface area contributed by atoms with Crippen LogP contribution in [0.25, 0.3) is 11.1 Å². The lowest BCUT2D eigenvalue weighted by Gasteiger charge is -2.17. The van der Waals surface area contributed by atoms with Crippen LogP contribution in [0.3, 0.4) is 0 Å². The van der Waals surface area contributed by atoms with E-state index < -0.39 is 12.1 Å². The Hall–Kier alpha value is -2.82. The minimum absolute atomic E-state index is 0.0646. The Kier molecular flexibility index (Phi) is 4.60. The van der Waals surface area contributed by atoms with E-state index >= 15 is 0 Å². The third kappa shape index (κ3) is 3.18. The molecule has 5 heteroatoms. The molecule has 0 aromatic heterocycles. The number of aliphatic hydroxyl groups excluding tert-OH is 1. The topological polar surface area (TPSA) is 72.5 Å². The molecule has 1 aliphatic rings. The number of benzene rings is 3. The lowest BCUT2D eigenvalue weighted by atomic mass is 9.98. The van der Waals surface area contributed by atoms with Crippen molar-refractivity contribution in [3.8, 4) is 11.1 Å². The highest BCUT2D eigenvalue weighted by Crippen LogP contribution is 2.44. The van der Waals surface area contributed by atoms with Gasteiger partial charge in [-0.25, -0.2) is 4.79 Å². The number of carbonyl (C=O) groups is 1. The number of hydrogen-bond donors (Lipinski definition) is 2. The quantitative estimate of drug-likeness (QED) is 0.523. The third-order valence-electron chi connectivity index (χ3n) is 4.92. The number of ether oxygens (including phenoxy) is 1. The van der Waals surface area contributed by atoms with Crippen molar-refractivity contribution < 1.29 is 14.6 Å². The standard InChI is InChI=1S/C22H18ClNO3/c23-13-9-10-20(24)18(11-13)21(25)22(26)27-12-19-16-7-3-1-5-14(16)15-6-2-4-8-17(15)19/h1-11,19,21,25H,12,24H2. The Morgan fingerprint density at radius 3 is 2.26 bits per heavy atom. The molecule has 1 aliphatic carbocycles. The smallest absolute Gasteiger partial charge is 0.339 e. The van der Waals surface area contributed by atoms with Crippen LogP contribution in [0.15, 0.2) is 66.7 Å². The molecule has 0 heterocycles. The molecule has 3 aromatic rings. The van der Waals surface area contributed by atoms with Gasteiger partial charge in [-0.1, -0.05) is 60.1 Å². The van der Waals surface area contributed by atoms with Crippen molar-refractivity contribution in [2.45, 2.75) is 12.0 Å². The first-order chi connectivity index (χ1) is 13.1. The molecular weight excluding hydrogens is 362 g/mol. The molecule has 136 valence electrons. The molecule has 27 heavy (non-hydrogen) atoms. The largest absolute Gasteiger partial charge is 0.463 e. The first-order valence-electron chi connectivity index (χ1n) is 8.64. The predicted molar refractivity (Wildman–Crippen MR) is 106 cm³/mol. The van der Waals surface area contributed by atoms with Gasteiger partial charge >= 0.3 is 5.97 Å². The molecule has 0 radical (unpaired) electrons. The maximum atomic E-state index is 12.4. The first-order valence-corrected chi connectivity index (χ1v) is 9.02. The van der Waals surface area contributed by atoms with Gasteiger partial charge in [-0.3, -0.25) is 0 Å². The highest BCUT2D eigenvalue weighted by Gasteiger charge is 2.30. The number of halogens is 1. The van der Waals surface area contributed by atoms with E-state index in [1.165, 1.54) is 6.07 Å². The predicted octanol–water partition coefficient (Wildman–Crippen LogP) is 4.31. The maximum absolute atomic E-state index is 12.4. The van der Waals surface area contributed by atoms with Crippen LogP contribution in [-0.2, 0) is 9.53 Å². The number of nitrogen functional groups attached to an aromatic ring is 1. The van der Waals surface area contributed by atoms with Gasteiger partial charge in [0.05, 0.1) is 0 Å². The molecule has 1 unspecified atom stereocenters. The fraction of sp³-hybridized carbons (Fsp3) is 0.136. The molecule has 3 aromatic carbocycles. The normalized spacial score (nSPS) is 13.7. The van der Waals surface area contributed by atoms with Crippen molar-refractivity contribution in [3.05, 3.63) is 88.4 Å². The second-order valence-electron chi connectivity index (χ2n) is 6.53. The number of aliphatic hydroxyl groups is 1. The summed E-state index contributed by atoms with van der Waals surface area (Å²) in [5.74, 6) is -0.809. The fourth-order valence-electron chi connectivity index (χ4n) is 3.59. The Balaban J connectivity index is 1.55. The zero-order valence-electron chi connectivity index (χ0n) is 14.4.